The number of aryl methyl sites for hydroxylation is 1. The molecule has 8 heteroatoms. The summed E-state index contributed by atoms with van der Waals surface area (Å²) < 4.78 is 22.1. The minimum Gasteiger partial charge on any atom is -0.496 e. The van der Waals surface area contributed by atoms with E-state index in [4.69, 9.17) is 24.7 Å². The lowest BCUT2D eigenvalue weighted by Gasteiger charge is -2.25. The number of benzene rings is 3. The van der Waals surface area contributed by atoms with Crippen molar-refractivity contribution >= 4 is 17.8 Å². The number of esters is 2. The standard InChI is InChI=1S/C31H35NO7/c1-21(33)37-20-26(29(18-31(32)35)39-22(2)34)14-11-23-9-12-25(13-10-23)28-16-15-27(17-30(28)36-3)38-19-24-7-5-4-6-8-24/h4-10,12-13,15-17,26,29H,11,14,18-20H2,1-3H3,(H2,32,35). The number of hydrogen-bond donors (Lipinski definition) is 1. The fourth-order valence-electron chi connectivity index (χ4n) is 4.26. The van der Waals surface area contributed by atoms with Gasteiger partial charge < -0.3 is 24.7 Å². The predicted octanol–water partition coefficient (Wildman–Crippen LogP) is 4.86. The summed E-state index contributed by atoms with van der Waals surface area (Å²) in [7, 11) is 1.63. The third-order valence-corrected chi connectivity index (χ3v) is 6.24. The van der Waals surface area contributed by atoms with Crippen LogP contribution in [0.2, 0.25) is 0 Å². The number of methoxy groups -OCH3 is 1. The van der Waals surface area contributed by atoms with Crippen LogP contribution in [-0.4, -0.2) is 37.7 Å². The molecule has 206 valence electrons. The molecule has 0 aliphatic carbocycles. The summed E-state index contributed by atoms with van der Waals surface area (Å²) in [6.45, 7) is 3.07. The van der Waals surface area contributed by atoms with Gasteiger partial charge in [-0.1, -0.05) is 54.6 Å². The molecule has 0 saturated carbocycles. The molecular formula is C31H35NO7. The molecule has 2 atom stereocenters. The molecule has 2 unspecified atom stereocenters. The molecule has 0 saturated heterocycles. The molecule has 3 rings (SSSR count). The molecule has 0 aliphatic heterocycles. The zero-order chi connectivity index (χ0) is 28.2. The molecule has 0 radical (unpaired) electrons. The van der Waals surface area contributed by atoms with Gasteiger partial charge in [0, 0.05) is 31.4 Å². The Kier molecular flexibility index (Phi) is 10.9. The van der Waals surface area contributed by atoms with Crippen LogP contribution in [0, 0.1) is 5.92 Å². The summed E-state index contributed by atoms with van der Waals surface area (Å²) in [6, 6.07) is 23.7. The number of amides is 1. The highest BCUT2D eigenvalue weighted by atomic mass is 16.6. The van der Waals surface area contributed by atoms with Gasteiger partial charge in [-0.15, -0.1) is 0 Å². The molecule has 1 amide bonds. The van der Waals surface area contributed by atoms with Crippen LogP contribution >= 0.6 is 0 Å². The van der Waals surface area contributed by atoms with Crippen LogP contribution in [0.1, 0.15) is 37.8 Å². The highest BCUT2D eigenvalue weighted by molar-refractivity contribution is 5.75. The average Bonchev–Trinajstić information content (AvgIpc) is 2.91. The molecule has 39 heavy (non-hydrogen) atoms. The number of carbonyl (C=O) groups excluding carboxylic acids is 3. The van der Waals surface area contributed by atoms with E-state index in [1.54, 1.807) is 7.11 Å². The van der Waals surface area contributed by atoms with E-state index in [0.29, 0.717) is 30.9 Å². The first-order chi connectivity index (χ1) is 18.7. The van der Waals surface area contributed by atoms with E-state index >= 15 is 0 Å². The highest BCUT2D eigenvalue weighted by Crippen LogP contribution is 2.34. The van der Waals surface area contributed by atoms with Gasteiger partial charge >= 0.3 is 11.9 Å². The normalized spacial score (nSPS) is 12.2. The van der Waals surface area contributed by atoms with Crippen molar-refractivity contribution in [2.45, 2.75) is 45.8 Å². The summed E-state index contributed by atoms with van der Waals surface area (Å²) in [5.41, 5.74) is 9.39. The van der Waals surface area contributed by atoms with Gasteiger partial charge in [0.15, 0.2) is 0 Å². The number of ether oxygens (including phenoxy) is 4. The highest BCUT2D eigenvalue weighted by Gasteiger charge is 2.27. The van der Waals surface area contributed by atoms with E-state index in [2.05, 4.69) is 0 Å². The number of primary amides is 1. The Bertz CT molecular complexity index is 1230. The second kappa shape index (κ2) is 14.6. The molecule has 2 N–H and O–H groups in total. The molecule has 3 aromatic carbocycles. The van der Waals surface area contributed by atoms with Gasteiger partial charge in [0.05, 0.1) is 20.1 Å². The monoisotopic (exact) mass is 533 g/mol. The van der Waals surface area contributed by atoms with Crippen LogP contribution in [0.4, 0.5) is 0 Å². The van der Waals surface area contributed by atoms with E-state index in [9.17, 15) is 14.4 Å². The Morgan fingerprint density at radius 1 is 0.872 bits per heavy atom. The zero-order valence-electron chi connectivity index (χ0n) is 22.6. The lowest BCUT2D eigenvalue weighted by molar-refractivity contribution is -0.154. The summed E-state index contributed by atoms with van der Waals surface area (Å²) in [6.07, 6.45) is 0.223. The Labute approximate surface area is 229 Å². The van der Waals surface area contributed by atoms with Crippen molar-refractivity contribution in [1.29, 1.82) is 0 Å². The van der Waals surface area contributed by atoms with Gasteiger partial charge in [0.2, 0.25) is 5.91 Å². The molecule has 0 aliphatic rings. The third-order valence-electron chi connectivity index (χ3n) is 6.24. The molecule has 0 fully saturated rings. The summed E-state index contributed by atoms with van der Waals surface area (Å²) >= 11 is 0. The maximum atomic E-state index is 11.6. The minimum atomic E-state index is -0.773. The Hall–Kier alpha value is -4.33. The summed E-state index contributed by atoms with van der Waals surface area (Å²) in [5.74, 6) is -0.532. The van der Waals surface area contributed by atoms with Crippen molar-refractivity contribution in [3.8, 4) is 22.6 Å². The second-order valence-electron chi connectivity index (χ2n) is 9.25. The van der Waals surface area contributed by atoms with Crippen molar-refractivity contribution < 1.29 is 33.3 Å². The van der Waals surface area contributed by atoms with Crippen LogP contribution in [0.15, 0.2) is 72.8 Å². The Morgan fingerprint density at radius 3 is 2.21 bits per heavy atom. The van der Waals surface area contributed by atoms with E-state index in [1.165, 1.54) is 13.8 Å². The first-order valence-electron chi connectivity index (χ1n) is 12.8. The molecule has 0 aromatic heterocycles. The fourth-order valence-corrected chi connectivity index (χ4v) is 4.26. The van der Waals surface area contributed by atoms with Gasteiger partial charge in [-0.2, -0.15) is 0 Å². The first kappa shape index (κ1) is 29.2. The SMILES string of the molecule is COc1cc(OCc2ccccc2)ccc1-c1ccc(CCC(COC(C)=O)C(CC(N)=O)OC(C)=O)cc1. The van der Waals surface area contributed by atoms with Crippen molar-refractivity contribution in [3.05, 3.63) is 83.9 Å². The van der Waals surface area contributed by atoms with Crippen LogP contribution in [0.5, 0.6) is 11.5 Å². The summed E-state index contributed by atoms with van der Waals surface area (Å²) in [4.78, 5) is 34.6. The lowest BCUT2D eigenvalue weighted by atomic mass is 9.92. The van der Waals surface area contributed by atoms with E-state index in [0.717, 1.165) is 22.3 Å². The van der Waals surface area contributed by atoms with Crippen molar-refractivity contribution in [2.24, 2.45) is 11.7 Å². The first-order valence-corrected chi connectivity index (χ1v) is 12.8. The van der Waals surface area contributed by atoms with Crippen LogP contribution in [-0.2, 0) is 36.9 Å². The summed E-state index contributed by atoms with van der Waals surface area (Å²) in [5, 5.41) is 0. The van der Waals surface area contributed by atoms with Gasteiger partial charge in [-0.25, -0.2) is 0 Å². The molecule has 3 aromatic rings. The fraction of sp³-hybridized carbons (Fsp3) is 0.323. The van der Waals surface area contributed by atoms with E-state index in [1.807, 2.05) is 72.8 Å². The van der Waals surface area contributed by atoms with Gasteiger partial charge in [-0.05, 0) is 41.7 Å². The number of hydrogen-bond acceptors (Lipinski definition) is 7. The van der Waals surface area contributed by atoms with Gasteiger partial charge in [0.25, 0.3) is 0 Å². The molecule has 0 bridgehead atoms. The maximum Gasteiger partial charge on any atom is 0.302 e. The van der Waals surface area contributed by atoms with Crippen molar-refractivity contribution in [3.63, 3.8) is 0 Å². The van der Waals surface area contributed by atoms with Gasteiger partial charge in [0.1, 0.15) is 24.2 Å². The molecule has 8 nitrogen and oxygen atoms in total. The minimum absolute atomic E-state index is 0.0224. The number of carbonyl (C=O) groups is 3. The van der Waals surface area contributed by atoms with Crippen molar-refractivity contribution in [2.75, 3.05) is 13.7 Å². The number of nitrogens with two attached hydrogens (primary N) is 1. The van der Waals surface area contributed by atoms with Gasteiger partial charge in [-0.3, -0.25) is 14.4 Å². The average molecular weight is 534 g/mol. The maximum absolute atomic E-state index is 11.6. The van der Waals surface area contributed by atoms with Crippen LogP contribution < -0.4 is 15.2 Å². The molecular weight excluding hydrogens is 498 g/mol. The smallest absolute Gasteiger partial charge is 0.302 e. The largest absolute Gasteiger partial charge is 0.496 e. The predicted molar refractivity (Wildman–Crippen MR) is 147 cm³/mol. The Morgan fingerprint density at radius 2 is 1.59 bits per heavy atom. The topological polar surface area (TPSA) is 114 Å². The van der Waals surface area contributed by atoms with Crippen LogP contribution in [0.25, 0.3) is 11.1 Å². The number of rotatable bonds is 14. The van der Waals surface area contributed by atoms with E-state index < -0.39 is 23.9 Å². The van der Waals surface area contributed by atoms with E-state index in [-0.39, 0.29) is 18.9 Å². The lowest BCUT2D eigenvalue weighted by Crippen LogP contribution is -2.34. The Balaban J connectivity index is 1.69. The quantitative estimate of drug-likeness (QED) is 0.294. The second-order valence-corrected chi connectivity index (χ2v) is 9.25. The molecule has 0 spiro atoms. The zero-order valence-corrected chi connectivity index (χ0v) is 22.6. The van der Waals surface area contributed by atoms with Crippen molar-refractivity contribution in [1.82, 2.24) is 0 Å². The molecule has 0 heterocycles. The third kappa shape index (κ3) is 9.48. The van der Waals surface area contributed by atoms with Crippen LogP contribution in [0.3, 0.4) is 0 Å².